The van der Waals surface area contributed by atoms with Gasteiger partial charge in [-0.05, 0) is 18.2 Å². The molecule has 1 fully saturated rings. The zero-order valence-electron chi connectivity index (χ0n) is 9.03. The number of benzene rings is 1. The summed E-state index contributed by atoms with van der Waals surface area (Å²) in [5.41, 5.74) is 0.817. The highest BCUT2D eigenvalue weighted by atomic mass is 35.5. The lowest BCUT2D eigenvalue weighted by molar-refractivity contribution is 0.0759. The van der Waals surface area contributed by atoms with E-state index in [0.717, 1.165) is 12.1 Å². The van der Waals surface area contributed by atoms with Crippen LogP contribution in [0.15, 0.2) is 18.2 Å². The molecule has 1 aromatic rings. The van der Waals surface area contributed by atoms with Crippen LogP contribution in [0.2, 0.25) is 0 Å². The van der Waals surface area contributed by atoms with Crippen LogP contribution in [-0.2, 0) is 4.74 Å². The van der Waals surface area contributed by atoms with E-state index in [1.54, 1.807) is 13.2 Å². The van der Waals surface area contributed by atoms with E-state index in [1.165, 1.54) is 12.1 Å². The van der Waals surface area contributed by atoms with Crippen molar-refractivity contribution in [2.45, 2.75) is 6.04 Å². The lowest BCUT2D eigenvalue weighted by atomic mass is 10.1. The van der Waals surface area contributed by atoms with Gasteiger partial charge in [-0.25, -0.2) is 4.39 Å². The van der Waals surface area contributed by atoms with Crippen LogP contribution in [0.3, 0.4) is 0 Å². The third-order valence-electron chi connectivity index (χ3n) is 2.49. The van der Waals surface area contributed by atoms with Gasteiger partial charge in [-0.1, -0.05) is 0 Å². The summed E-state index contributed by atoms with van der Waals surface area (Å²) in [7, 11) is 1.58. The second-order valence-electron chi connectivity index (χ2n) is 3.47. The Labute approximate surface area is 100 Å². The van der Waals surface area contributed by atoms with Crippen molar-refractivity contribution in [3.63, 3.8) is 0 Å². The SMILES string of the molecule is COc1ccc(F)cc1[C@@H]1COCCN1.Cl. The van der Waals surface area contributed by atoms with Crippen LogP contribution in [0, 0.1) is 5.82 Å². The Balaban J connectivity index is 0.00000128. The lowest BCUT2D eigenvalue weighted by Crippen LogP contribution is -2.34. The highest BCUT2D eigenvalue weighted by molar-refractivity contribution is 5.85. The molecule has 16 heavy (non-hydrogen) atoms. The predicted octanol–water partition coefficient (Wildman–Crippen LogP) is 1.92. The summed E-state index contributed by atoms with van der Waals surface area (Å²) in [6, 6.07) is 4.54. The summed E-state index contributed by atoms with van der Waals surface area (Å²) in [5, 5.41) is 3.27. The van der Waals surface area contributed by atoms with Crippen LogP contribution in [0.25, 0.3) is 0 Å². The van der Waals surface area contributed by atoms with E-state index in [1.807, 2.05) is 0 Å². The minimum Gasteiger partial charge on any atom is -0.496 e. The molecule has 1 heterocycles. The van der Waals surface area contributed by atoms with Gasteiger partial charge < -0.3 is 14.8 Å². The van der Waals surface area contributed by atoms with E-state index in [-0.39, 0.29) is 24.3 Å². The third-order valence-corrected chi connectivity index (χ3v) is 2.49. The van der Waals surface area contributed by atoms with Crippen LogP contribution in [0.1, 0.15) is 11.6 Å². The zero-order chi connectivity index (χ0) is 10.7. The lowest BCUT2D eigenvalue weighted by Gasteiger charge is -2.25. The molecule has 0 aromatic heterocycles. The van der Waals surface area contributed by atoms with Gasteiger partial charge in [-0.15, -0.1) is 12.4 Å². The van der Waals surface area contributed by atoms with Gasteiger partial charge in [0.15, 0.2) is 0 Å². The number of nitrogens with one attached hydrogen (secondary N) is 1. The average Bonchev–Trinajstić information content (AvgIpc) is 2.30. The Kier molecular flexibility index (Phi) is 4.99. The van der Waals surface area contributed by atoms with Crippen molar-refractivity contribution in [3.8, 4) is 5.75 Å². The summed E-state index contributed by atoms with van der Waals surface area (Å²) in [4.78, 5) is 0. The van der Waals surface area contributed by atoms with Gasteiger partial charge in [0.25, 0.3) is 0 Å². The molecule has 1 aliphatic rings. The maximum absolute atomic E-state index is 13.1. The summed E-state index contributed by atoms with van der Waals surface area (Å²) in [6.45, 7) is 2.04. The molecule has 1 aromatic carbocycles. The Hall–Kier alpha value is -0.840. The number of rotatable bonds is 2. The summed E-state index contributed by atoms with van der Waals surface area (Å²) < 4.78 is 23.6. The largest absolute Gasteiger partial charge is 0.496 e. The maximum atomic E-state index is 13.1. The molecule has 5 heteroatoms. The summed E-state index contributed by atoms with van der Waals surface area (Å²) in [5.74, 6) is 0.442. The first-order valence-electron chi connectivity index (χ1n) is 4.96. The topological polar surface area (TPSA) is 30.5 Å². The fraction of sp³-hybridized carbons (Fsp3) is 0.455. The summed E-state index contributed by atoms with van der Waals surface area (Å²) in [6.07, 6.45) is 0. The van der Waals surface area contributed by atoms with Crippen molar-refractivity contribution < 1.29 is 13.9 Å². The van der Waals surface area contributed by atoms with Crippen LogP contribution >= 0.6 is 12.4 Å². The molecule has 1 atom stereocenters. The van der Waals surface area contributed by atoms with E-state index in [4.69, 9.17) is 9.47 Å². The molecule has 1 saturated heterocycles. The van der Waals surface area contributed by atoms with E-state index < -0.39 is 0 Å². The Morgan fingerprint density at radius 1 is 1.50 bits per heavy atom. The molecule has 0 unspecified atom stereocenters. The van der Waals surface area contributed by atoms with Gasteiger partial charge in [0.2, 0.25) is 0 Å². The number of methoxy groups -OCH3 is 1. The number of morpholine rings is 1. The van der Waals surface area contributed by atoms with Crippen molar-refractivity contribution in [1.82, 2.24) is 5.32 Å². The molecule has 1 aliphatic heterocycles. The fourth-order valence-electron chi connectivity index (χ4n) is 1.74. The van der Waals surface area contributed by atoms with Gasteiger partial charge in [-0.2, -0.15) is 0 Å². The van der Waals surface area contributed by atoms with Gasteiger partial charge in [0.05, 0.1) is 26.4 Å². The Bertz CT molecular complexity index is 343. The molecular formula is C11H15ClFNO2. The van der Waals surface area contributed by atoms with E-state index in [0.29, 0.717) is 19.0 Å². The first kappa shape index (κ1) is 13.2. The molecule has 1 N–H and O–H groups in total. The molecule has 0 bridgehead atoms. The first-order chi connectivity index (χ1) is 7.31. The average molecular weight is 248 g/mol. The van der Waals surface area contributed by atoms with Gasteiger partial charge >= 0.3 is 0 Å². The van der Waals surface area contributed by atoms with Gasteiger partial charge in [0.1, 0.15) is 11.6 Å². The van der Waals surface area contributed by atoms with Crippen molar-refractivity contribution >= 4 is 12.4 Å². The van der Waals surface area contributed by atoms with Crippen LogP contribution in [-0.4, -0.2) is 26.9 Å². The Morgan fingerprint density at radius 2 is 2.31 bits per heavy atom. The monoisotopic (exact) mass is 247 g/mol. The first-order valence-corrected chi connectivity index (χ1v) is 4.96. The van der Waals surface area contributed by atoms with E-state index in [9.17, 15) is 4.39 Å². The maximum Gasteiger partial charge on any atom is 0.123 e. The molecular weight excluding hydrogens is 233 g/mol. The second-order valence-corrected chi connectivity index (χ2v) is 3.47. The van der Waals surface area contributed by atoms with Crippen LogP contribution < -0.4 is 10.1 Å². The van der Waals surface area contributed by atoms with Crippen molar-refractivity contribution in [2.75, 3.05) is 26.9 Å². The standard InChI is InChI=1S/C11H14FNO2.ClH/c1-14-11-3-2-8(12)6-9(11)10-7-15-5-4-13-10;/h2-3,6,10,13H,4-5,7H2,1H3;1H/t10-;/m0./s1. The van der Waals surface area contributed by atoms with Crippen molar-refractivity contribution in [2.24, 2.45) is 0 Å². The fourth-order valence-corrected chi connectivity index (χ4v) is 1.74. The van der Waals surface area contributed by atoms with Crippen LogP contribution in [0.4, 0.5) is 4.39 Å². The highest BCUT2D eigenvalue weighted by Gasteiger charge is 2.19. The predicted molar refractivity (Wildman–Crippen MR) is 61.8 cm³/mol. The minimum atomic E-state index is -0.252. The molecule has 0 amide bonds. The van der Waals surface area contributed by atoms with E-state index >= 15 is 0 Å². The molecule has 2 rings (SSSR count). The van der Waals surface area contributed by atoms with Gasteiger partial charge in [-0.3, -0.25) is 0 Å². The number of ether oxygens (including phenoxy) is 2. The molecule has 0 spiro atoms. The summed E-state index contributed by atoms with van der Waals surface area (Å²) >= 11 is 0. The van der Waals surface area contributed by atoms with Crippen molar-refractivity contribution in [1.29, 1.82) is 0 Å². The normalized spacial score (nSPS) is 20.0. The molecule has 0 aliphatic carbocycles. The zero-order valence-corrected chi connectivity index (χ0v) is 9.85. The van der Waals surface area contributed by atoms with Gasteiger partial charge in [0, 0.05) is 12.1 Å². The van der Waals surface area contributed by atoms with Crippen LogP contribution in [0.5, 0.6) is 5.75 Å². The smallest absolute Gasteiger partial charge is 0.123 e. The molecule has 0 saturated carbocycles. The van der Waals surface area contributed by atoms with E-state index in [2.05, 4.69) is 5.32 Å². The Morgan fingerprint density at radius 3 is 2.94 bits per heavy atom. The molecule has 90 valence electrons. The number of halogens is 2. The number of hydrogen-bond donors (Lipinski definition) is 1. The van der Waals surface area contributed by atoms with Crippen molar-refractivity contribution in [3.05, 3.63) is 29.6 Å². The second kappa shape index (κ2) is 6.03. The number of hydrogen-bond acceptors (Lipinski definition) is 3. The third kappa shape index (κ3) is 2.84. The minimum absolute atomic E-state index is 0. The molecule has 3 nitrogen and oxygen atoms in total. The molecule has 0 radical (unpaired) electrons. The highest BCUT2D eigenvalue weighted by Crippen LogP contribution is 2.27. The quantitative estimate of drug-likeness (QED) is 0.866.